The summed E-state index contributed by atoms with van der Waals surface area (Å²) in [4.78, 5) is 18.4. The lowest BCUT2D eigenvalue weighted by atomic mass is 10.1. The number of amides is 1. The summed E-state index contributed by atoms with van der Waals surface area (Å²) in [6.07, 6.45) is -3.30. The van der Waals surface area contributed by atoms with Gasteiger partial charge < -0.3 is 9.64 Å². The number of carbonyl (C=O) groups excluding carboxylic acids is 1. The Bertz CT molecular complexity index is 722. The highest BCUT2D eigenvalue weighted by Crippen LogP contribution is 2.32. The molecule has 9 heteroatoms. The Morgan fingerprint density at radius 3 is 2.88 bits per heavy atom. The van der Waals surface area contributed by atoms with E-state index in [0.717, 1.165) is 21.8 Å². The predicted octanol–water partition coefficient (Wildman–Crippen LogP) is 4.36. The molecule has 1 aliphatic rings. The molecule has 1 atom stereocenters. The van der Waals surface area contributed by atoms with E-state index in [2.05, 4.69) is 4.98 Å². The molecule has 1 unspecified atom stereocenters. The van der Waals surface area contributed by atoms with Crippen molar-refractivity contribution >= 4 is 28.6 Å². The number of aromatic nitrogens is 1. The average Bonchev–Trinajstić information content (AvgIpc) is 3.21. The normalized spacial score (nSPS) is 18.3. The van der Waals surface area contributed by atoms with Gasteiger partial charge >= 0.3 is 6.18 Å². The molecule has 2 aromatic heterocycles. The molecule has 25 heavy (non-hydrogen) atoms. The molecule has 4 nitrogen and oxygen atoms in total. The molecule has 0 spiro atoms. The van der Waals surface area contributed by atoms with Crippen molar-refractivity contribution in [3.63, 3.8) is 0 Å². The zero-order valence-corrected chi connectivity index (χ0v) is 15.1. The third-order valence-corrected chi connectivity index (χ3v) is 5.82. The van der Waals surface area contributed by atoms with Crippen molar-refractivity contribution in [3.05, 3.63) is 27.4 Å². The van der Waals surface area contributed by atoms with E-state index in [0.29, 0.717) is 30.2 Å². The molecule has 0 saturated carbocycles. The maximum Gasteiger partial charge on any atom is 0.406 e. The number of rotatable bonds is 4. The van der Waals surface area contributed by atoms with Crippen LogP contribution in [0.3, 0.4) is 0 Å². The van der Waals surface area contributed by atoms with Gasteiger partial charge in [-0.3, -0.25) is 4.79 Å². The number of thiazole rings is 1. The van der Waals surface area contributed by atoms with E-state index >= 15 is 0 Å². The molecule has 2 aromatic rings. The molecule has 0 aromatic carbocycles. The third-order valence-electron chi connectivity index (χ3n) is 3.95. The summed E-state index contributed by atoms with van der Waals surface area (Å²) in [6, 6.07) is 1.31. The second-order valence-corrected chi connectivity index (χ2v) is 7.64. The van der Waals surface area contributed by atoms with Crippen molar-refractivity contribution in [2.45, 2.75) is 32.0 Å². The molecule has 0 radical (unpaired) electrons. The standard InChI is InChI=1S/C16H17F3N2O2S2/c1-10-13(25-14(20-10)11-4-6-24-8-11)15(22)21(9-16(17,18)19)12-3-2-5-23-7-12/h4,6,8,12H,2-3,5,7,9H2,1H3. The Morgan fingerprint density at radius 1 is 1.48 bits per heavy atom. The third kappa shape index (κ3) is 4.39. The van der Waals surface area contributed by atoms with Crippen molar-refractivity contribution in [1.82, 2.24) is 9.88 Å². The van der Waals surface area contributed by atoms with E-state index in [1.165, 1.54) is 11.3 Å². The van der Waals surface area contributed by atoms with Gasteiger partial charge in [-0.1, -0.05) is 0 Å². The summed E-state index contributed by atoms with van der Waals surface area (Å²) in [5, 5.41) is 4.44. The van der Waals surface area contributed by atoms with Crippen LogP contribution < -0.4 is 0 Å². The molecule has 0 N–H and O–H groups in total. The molecule has 1 aliphatic heterocycles. The minimum atomic E-state index is -4.46. The highest BCUT2D eigenvalue weighted by molar-refractivity contribution is 7.17. The number of aryl methyl sites for hydroxylation is 1. The van der Waals surface area contributed by atoms with Gasteiger partial charge in [0.2, 0.25) is 0 Å². The number of halogens is 3. The van der Waals surface area contributed by atoms with E-state index in [1.54, 1.807) is 6.92 Å². The zero-order valence-electron chi connectivity index (χ0n) is 13.5. The Balaban J connectivity index is 1.88. The fourth-order valence-corrected chi connectivity index (χ4v) is 4.50. The maximum absolute atomic E-state index is 13.0. The van der Waals surface area contributed by atoms with Crippen molar-refractivity contribution in [2.24, 2.45) is 0 Å². The first-order valence-corrected chi connectivity index (χ1v) is 9.56. The number of ether oxygens (including phenoxy) is 1. The van der Waals surface area contributed by atoms with Crippen LogP contribution in [0.15, 0.2) is 16.8 Å². The molecule has 3 rings (SSSR count). The maximum atomic E-state index is 13.0. The summed E-state index contributed by atoms with van der Waals surface area (Å²) >= 11 is 2.64. The number of nitrogens with zero attached hydrogens (tertiary/aromatic N) is 2. The van der Waals surface area contributed by atoms with Crippen LogP contribution in [0.1, 0.15) is 28.2 Å². The van der Waals surface area contributed by atoms with E-state index in [-0.39, 0.29) is 11.5 Å². The summed E-state index contributed by atoms with van der Waals surface area (Å²) in [5.74, 6) is -0.621. The van der Waals surface area contributed by atoms with Crippen LogP contribution >= 0.6 is 22.7 Å². The van der Waals surface area contributed by atoms with E-state index in [1.807, 2.05) is 16.8 Å². The first-order valence-electron chi connectivity index (χ1n) is 7.80. The van der Waals surface area contributed by atoms with E-state index in [9.17, 15) is 18.0 Å². The SMILES string of the molecule is Cc1nc(-c2ccsc2)sc1C(=O)N(CC(F)(F)F)C1CCCOC1. The van der Waals surface area contributed by atoms with Gasteiger partial charge in [-0.05, 0) is 31.2 Å². The molecule has 3 heterocycles. The van der Waals surface area contributed by atoms with E-state index < -0.39 is 24.7 Å². The molecule has 136 valence electrons. The van der Waals surface area contributed by atoms with Gasteiger partial charge in [0, 0.05) is 17.6 Å². The quantitative estimate of drug-likeness (QED) is 0.779. The second-order valence-electron chi connectivity index (χ2n) is 5.86. The van der Waals surface area contributed by atoms with Gasteiger partial charge in [-0.25, -0.2) is 4.98 Å². The van der Waals surface area contributed by atoms with Crippen molar-refractivity contribution in [2.75, 3.05) is 19.8 Å². The lowest BCUT2D eigenvalue weighted by Crippen LogP contribution is -2.49. The lowest BCUT2D eigenvalue weighted by molar-refractivity contribution is -0.148. The number of hydrogen-bond donors (Lipinski definition) is 0. The Morgan fingerprint density at radius 2 is 2.28 bits per heavy atom. The van der Waals surface area contributed by atoms with Crippen LogP contribution in [0.4, 0.5) is 13.2 Å². The second kappa shape index (κ2) is 7.43. The number of alkyl halides is 3. The van der Waals surface area contributed by atoms with Crippen LogP contribution in [0.25, 0.3) is 10.6 Å². The highest BCUT2D eigenvalue weighted by Gasteiger charge is 2.38. The van der Waals surface area contributed by atoms with Crippen LogP contribution in [0.2, 0.25) is 0 Å². The molecular weight excluding hydrogens is 373 g/mol. The van der Waals surface area contributed by atoms with Gasteiger partial charge in [0.05, 0.1) is 18.3 Å². The van der Waals surface area contributed by atoms with Crippen LogP contribution in [-0.2, 0) is 4.74 Å². The van der Waals surface area contributed by atoms with Gasteiger partial charge in [0.15, 0.2) is 0 Å². The van der Waals surface area contributed by atoms with Crippen LogP contribution in [0.5, 0.6) is 0 Å². The van der Waals surface area contributed by atoms with Crippen molar-refractivity contribution in [1.29, 1.82) is 0 Å². The minimum absolute atomic E-state index is 0.136. The summed E-state index contributed by atoms with van der Waals surface area (Å²) < 4.78 is 44.3. The van der Waals surface area contributed by atoms with Crippen molar-refractivity contribution < 1.29 is 22.7 Å². The fourth-order valence-electron chi connectivity index (χ4n) is 2.76. The molecule has 1 amide bonds. The Kier molecular flexibility index (Phi) is 5.45. The van der Waals surface area contributed by atoms with Gasteiger partial charge in [-0.15, -0.1) is 11.3 Å². The number of thiophene rings is 1. The summed E-state index contributed by atoms with van der Waals surface area (Å²) in [6.45, 7) is 1.04. The first-order chi connectivity index (χ1) is 11.8. The molecule has 1 saturated heterocycles. The smallest absolute Gasteiger partial charge is 0.379 e. The molecule has 0 bridgehead atoms. The van der Waals surface area contributed by atoms with Crippen LogP contribution in [0, 0.1) is 6.92 Å². The first kappa shape index (κ1) is 18.3. The van der Waals surface area contributed by atoms with Gasteiger partial charge in [-0.2, -0.15) is 24.5 Å². The Hall–Kier alpha value is -1.45. The van der Waals surface area contributed by atoms with E-state index in [4.69, 9.17) is 4.74 Å². The number of hydrogen-bond acceptors (Lipinski definition) is 5. The van der Waals surface area contributed by atoms with Gasteiger partial charge in [0.25, 0.3) is 5.91 Å². The van der Waals surface area contributed by atoms with Crippen LogP contribution in [-0.4, -0.2) is 47.8 Å². The highest BCUT2D eigenvalue weighted by atomic mass is 32.1. The fraction of sp³-hybridized carbons (Fsp3) is 0.500. The minimum Gasteiger partial charge on any atom is -0.379 e. The summed E-state index contributed by atoms with van der Waals surface area (Å²) in [5.41, 5.74) is 1.33. The van der Waals surface area contributed by atoms with Crippen molar-refractivity contribution in [3.8, 4) is 10.6 Å². The molecule has 1 fully saturated rings. The average molecular weight is 390 g/mol. The lowest BCUT2D eigenvalue weighted by Gasteiger charge is -2.34. The molecular formula is C16H17F3N2O2S2. The topological polar surface area (TPSA) is 42.4 Å². The van der Waals surface area contributed by atoms with Gasteiger partial charge in [0.1, 0.15) is 16.4 Å². The predicted molar refractivity (Wildman–Crippen MR) is 91.1 cm³/mol. The Labute approximate surface area is 151 Å². The molecule has 0 aliphatic carbocycles. The number of carbonyl (C=O) groups is 1. The summed E-state index contributed by atoms with van der Waals surface area (Å²) in [7, 11) is 0. The zero-order chi connectivity index (χ0) is 18.0. The monoisotopic (exact) mass is 390 g/mol. The largest absolute Gasteiger partial charge is 0.406 e.